The highest BCUT2D eigenvalue weighted by Gasteiger charge is 2.19. The molecule has 0 bridgehead atoms. The molecule has 0 aromatic carbocycles. The Morgan fingerprint density at radius 2 is 1.33 bits per heavy atom. The lowest BCUT2D eigenvalue weighted by molar-refractivity contribution is 0.0687. The summed E-state index contributed by atoms with van der Waals surface area (Å²) in [6.07, 6.45) is 3.40. The minimum absolute atomic E-state index is 0.167. The first-order valence-corrected chi connectivity index (χ1v) is 11.6. The topological polar surface area (TPSA) is 154 Å². The molecule has 0 unspecified atom stereocenters. The van der Waals surface area contributed by atoms with E-state index in [1.54, 1.807) is 30.3 Å². The van der Waals surface area contributed by atoms with E-state index in [0.717, 1.165) is 25.7 Å². The van der Waals surface area contributed by atoms with E-state index in [1.165, 1.54) is 0 Å². The number of pyridine rings is 2. The van der Waals surface area contributed by atoms with Crippen molar-refractivity contribution in [2.75, 3.05) is 37.9 Å². The van der Waals surface area contributed by atoms with Crippen molar-refractivity contribution in [1.29, 1.82) is 0 Å². The number of carbonyl (C=O) groups is 2. The van der Waals surface area contributed by atoms with Gasteiger partial charge in [-0.2, -0.15) is 0 Å². The molecule has 2 aromatic heterocycles. The van der Waals surface area contributed by atoms with E-state index < -0.39 is 0 Å². The van der Waals surface area contributed by atoms with Crippen LogP contribution in [0.1, 0.15) is 46.7 Å². The van der Waals surface area contributed by atoms with Crippen molar-refractivity contribution in [3.8, 4) is 0 Å². The summed E-state index contributed by atoms with van der Waals surface area (Å²) in [6.45, 7) is 2.80. The van der Waals surface area contributed by atoms with Crippen molar-refractivity contribution in [3.63, 3.8) is 0 Å². The molecule has 2 aliphatic heterocycles. The Balaban J connectivity index is 0.000000186. The quantitative estimate of drug-likeness (QED) is 0.476. The molecule has 178 valence electrons. The zero-order valence-corrected chi connectivity index (χ0v) is 19.8. The SMILES string of the molecule is Nc1cccc(C(=O)NC2CCOCC2)n1.Nc1nc(C(=O)NC2CCOCC2)ccc1Br. The van der Waals surface area contributed by atoms with Gasteiger partial charge in [-0.15, -0.1) is 0 Å². The second kappa shape index (κ2) is 12.5. The number of nitrogen functional groups attached to an aromatic ring is 2. The van der Waals surface area contributed by atoms with E-state index in [-0.39, 0.29) is 23.9 Å². The molecule has 0 radical (unpaired) electrons. The van der Waals surface area contributed by atoms with Crippen LogP contribution in [0.3, 0.4) is 0 Å². The van der Waals surface area contributed by atoms with Crippen LogP contribution in [0.25, 0.3) is 0 Å². The Labute approximate surface area is 200 Å². The van der Waals surface area contributed by atoms with Gasteiger partial charge in [0.1, 0.15) is 23.0 Å². The number of hydrogen-bond acceptors (Lipinski definition) is 8. The minimum Gasteiger partial charge on any atom is -0.384 e. The van der Waals surface area contributed by atoms with E-state index in [2.05, 4.69) is 36.5 Å². The van der Waals surface area contributed by atoms with Crippen molar-refractivity contribution < 1.29 is 19.1 Å². The van der Waals surface area contributed by atoms with Gasteiger partial charge in [0.25, 0.3) is 11.8 Å². The van der Waals surface area contributed by atoms with Gasteiger partial charge < -0.3 is 31.6 Å². The molecule has 0 saturated carbocycles. The largest absolute Gasteiger partial charge is 0.384 e. The maximum Gasteiger partial charge on any atom is 0.270 e. The third-order valence-corrected chi connectivity index (χ3v) is 5.89. The van der Waals surface area contributed by atoms with Crippen LogP contribution in [-0.4, -0.2) is 60.3 Å². The third-order valence-electron chi connectivity index (χ3n) is 5.22. The summed E-state index contributed by atoms with van der Waals surface area (Å²) in [5.74, 6) is 0.333. The van der Waals surface area contributed by atoms with Crippen LogP contribution in [0.5, 0.6) is 0 Å². The Kier molecular flexibility index (Phi) is 9.40. The van der Waals surface area contributed by atoms with Gasteiger partial charge in [0, 0.05) is 38.5 Å². The van der Waals surface area contributed by atoms with Crippen molar-refractivity contribution in [3.05, 3.63) is 46.2 Å². The smallest absolute Gasteiger partial charge is 0.270 e. The van der Waals surface area contributed by atoms with Gasteiger partial charge in [-0.3, -0.25) is 9.59 Å². The van der Waals surface area contributed by atoms with Gasteiger partial charge in [0.15, 0.2) is 0 Å². The van der Waals surface area contributed by atoms with Crippen molar-refractivity contribution in [2.24, 2.45) is 0 Å². The van der Waals surface area contributed by atoms with Crippen LogP contribution < -0.4 is 22.1 Å². The van der Waals surface area contributed by atoms with Crippen LogP contribution in [0.2, 0.25) is 0 Å². The van der Waals surface area contributed by atoms with Gasteiger partial charge >= 0.3 is 0 Å². The van der Waals surface area contributed by atoms with Crippen LogP contribution in [-0.2, 0) is 9.47 Å². The molecule has 11 heteroatoms. The minimum atomic E-state index is -0.184. The lowest BCUT2D eigenvalue weighted by atomic mass is 10.1. The molecule has 2 fully saturated rings. The summed E-state index contributed by atoms with van der Waals surface area (Å²) in [5.41, 5.74) is 11.9. The molecule has 10 nitrogen and oxygen atoms in total. The number of carbonyl (C=O) groups excluding carboxylic acids is 2. The van der Waals surface area contributed by atoms with Crippen LogP contribution in [0.4, 0.5) is 11.6 Å². The van der Waals surface area contributed by atoms with Crippen LogP contribution >= 0.6 is 15.9 Å². The zero-order valence-electron chi connectivity index (χ0n) is 18.3. The molecule has 4 heterocycles. The number of hydrogen-bond donors (Lipinski definition) is 4. The number of anilines is 2. The Bertz CT molecular complexity index is 948. The summed E-state index contributed by atoms with van der Waals surface area (Å²) in [6, 6.07) is 8.76. The van der Waals surface area contributed by atoms with E-state index in [9.17, 15) is 9.59 Å². The van der Waals surface area contributed by atoms with Gasteiger partial charge in [-0.25, -0.2) is 9.97 Å². The van der Waals surface area contributed by atoms with Crippen molar-refractivity contribution >= 4 is 39.4 Å². The zero-order chi connectivity index (χ0) is 23.6. The molecule has 2 aliphatic rings. The Morgan fingerprint density at radius 1 is 0.818 bits per heavy atom. The molecule has 33 heavy (non-hydrogen) atoms. The lowest BCUT2D eigenvalue weighted by Gasteiger charge is -2.22. The molecule has 2 saturated heterocycles. The Hall–Kier alpha value is -2.76. The highest BCUT2D eigenvalue weighted by Crippen LogP contribution is 2.17. The molecule has 2 aromatic rings. The lowest BCUT2D eigenvalue weighted by Crippen LogP contribution is -2.39. The highest BCUT2D eigenvalue weighted by atomic mass is 79.9. The van der Waals surface area contributed by atoms with Gasteiger partial charge in [-0.1, -0.05) is 6.07 Å². The summed E-state index contributed by atoms with van der Waals surface area (Å²) < 4.78 is 11.1. The standard InChI is InChI=1S/C11H14BrN3O2.C11H15N3O2/c12-8-1-2-9(15-10(8)13)11(16)14-7-3-5-17-6-4-7;12-10-3-1-2-9(14-10)11(15)13-8-4-6-16-7-5-8/h1-2,7H,3-6H2,(H2,13,15)(H,14,16);1-3,8H,4-7H2,(H2,12,14)(H,13,15). The first-order chi connectivity index (χ1) is 15.9. The van der Waals surface area contributed by atoms with Gasteiger partial charge in [0.2, 0.25) is 0 Å². The van der Waals surface area contributed by atoms with Crippen molar-refractivity contribution in [1.82, 2.24) is 20.6 Å². The number of aromatic nitrogens is 2. The number of nitrogens with zero attached hydrogens (tertiary/aromatic N) is 2. The average molecular weight is 521 g/mol. The number of halogens is 1. The van der Waals surface area contributed by atoms with E-state index in [1.807, 2.05) is 0 Å². The highest BCUT2D eigenvalue weighted by molar-refractivity contribution is 9.10. The average Bonchev–Trinajstić information content (AvgIpc) is 2.82. The van der Waals surface area contributed by atoms with E-state index >= 15 is 0 Å². The predicted molar refractivity (Wildman–Crippen MR) is 128 cm³/mol. The second-order valence-corrected chi connectivity index (χ2v) is 8.59. The maximum atomic E-state index is 11.9. The number of ether oxygens (including phenoxy) is 2. The first-order valence-electron chi connectivity index (χ1n) is 10.8. The monoisotopic (exact) mass is 520 g/mol. The molecular formula is C22H29BrN6O4. The van der Waals surface area contributed by atoms with E-state index in [4.69, 9.17) is 20.9 Å². The molecular weight excluding hydrogens is 492 g/mol. The molecule has 4 rings (SSSR count). The fourth-order valence-corrected chi connectivity index (χ4v) is 3.59. The molecule has 6 N–H and O–H groups in total. The second-order valence-electron chi connectivity index (χ2n) is 7.73. The van der Waals surface area contributed by atoms with Crippen molar-refractivity contribution in [2.45, 2.75) is 37.8 Å². The maximum absolute atomic E-state index is 11.9. The number of rotatable bonds is 4. The number of amides is 2. The van der Waals surface area contributed by atoms with E-state index in [0.29, 0.717) is 53.9 Å². The molecule has 0 aliphatic carbocycles. The summed E-state index contributed by atoms with van der Waals surface area (Å²) in [5, 5.41) is 5.85. The number of nitrogens with two attached hydrogens (primary N) is 2. The Morgan fingerprint density at radius 3 is 1.82 bits per heavy atom. The third kappa shape index (κ3) is 7.95. The first kappa shape index (κ1) is 24.9. The summed E-state index contributed by atoms with van der Waals surface area (Å²) in [7, 11) is 0. The summed E-state index contributed by atoms with van der Waals surface area (Å²) >= 11 is 3.24. The van der Waals surface area contributed by atoms with Crippen LogP contribution in [0.15, 0.2) is 34.8 Å². The molecule has 0 spiro atoms. The fourth-order valence-electron chi connectivity index (χ4n) is 3.36. The van der Waals surface area contributed by atoms with Gasteiger partial charge in [0.05, 0.1) is 4.47 Å². The molecule has 0 atom stereocenters. The fraction of sp³-hybridized carbons (Fsp3) is 0.455. The predicted octanol–water partition coefficient (Wildman–Crippen LogP) is 1.91. The normalized spacial score (nSPS) is 16.9. The number of nitrogens with one attached hydrogen (secondary N) is 2. The molecule has 2 amide bonds. The van der Waals surface area contributed by atoms with Gasteiger partial charge in [-0.05, 0) is 65.9 Å². The summed E-state index contributed by atoms with van der Waals surface area (Å²) in [4.78, 5) is 31.7. The van der Waals surface area contributed by atoms with Crippen LogP contribution in [0, 0.1) is 0 Å².